The van der Waals surface area contributed by atoms with Gasteiger partial charge in [-0.05, 0) is 23.8 Å². The number of nitrogens with two attached hydrogens (primary N) is 1. The highest BCUT2D eigenvalue weighted by Gasteiger charge is 2.14. The highest BCUT2D eigenvalue weighted by molar-refractivity contribution is 6.34. The van der Waals surface area contributed by atoms with Crippen LogP contribution in [-0.2, 0) is 0 Å². The monoisotopic (exact) mass is 473 g/mol. The van der Waals surface area contributed by atoms with Crippen molar-refractivity contribution in [2.75, 3.05) is 11.1 Å². The lowest BCUT2D eigenvalue weighted by atomic mass is 10.1. The largest absolute Gasteiger partial charge is 0.453 e. The number of nitrogens with zero attached hydrogens (tertiary/aromatic N) is 2. The Morgan fingerprint density at radius 3 is 2.59 bits per heavy atom. The van der Waals surface area contributed by atoms with Crippen LogP contribution in [0, 0.1) is 5.82 Å². The van der Waals surface area contributed by atoms with Gasteiger partial charge in [0.05, 0.1) is 10.9 Å². The number of rotatable bonds is 5. The van der Waals surface area contributed by atoms with E-state index < -0.39 is 5.82 Å². The van der Waals surface area contributed by atoms with E-state index in [0.717, 1.165) is 5.56 Å². The third-order valence-electron chi connectivity index (χ3n) is 5.17. The summed E-state index contributed by atoms with van der Waals surface area (Å²) in [4.78, 5) is 24.6. The number of halogens is 2. The molecule has 168 valence electrons. The van der Waals surface area contributed by atoms with Crippen LogP contribution in [0.2, 0.25) is 5.02 Å². The fourth-order valence-corrected chi connectivity index (χ4v) is 3.68. The van der Waals surface area contributed by atoms with Gasteiger partial charge in [-0.2, -0.15) is 0 Å². The van der Waals surface area contributed by atoms with Crippen molar-refractivity contribution in [3.8, 4) is 22.6 Å². The van der Waals surface area contributed by atoms with Gasteiger partial charge in [0, 0.05) is 42.0 Å². The number of benzene rings is 2. The lowest BCUT2D eigenvalue weighted by Crippen LogP contribution is -2.10. The molecule has 34 heavy (non-hydrogen) atoms. The maximum absolute atomic E-state index is 14.8. The van der Waals surface area contributed by atoms with E-state index in [1.807, 2.05) is 30.3 Å². The predicted octanol–water partition coefficient (Wildman–Crippen LogP) is 5.90. The molecule has 0 spiro atoms. The van der Waals surface area contributed by atoms with Crippen molar-refractivity contribution in [1.82, 2.24) is 15.0 Å². The standard InChI is InChI=1S/C25H17ClFN5O2/c26-22-20(9-11-29-24(22)28)34-19-7-6-15(12-17(19)27)32-25-21-18(8-10-30-25)31-13-16(23(21)33)14-4-2-1-3-5-14/h1-13H,(H2,28,29)(H,30,32)(H,31,33). The molecule has 2 aromatic carbocycles. The molecule has 0 saturated carbocycles. The van der Waals surface area contributed by atoms with Crippen molar-refractivity contribution in [2.24, 2.45) is 0 Å². The molecule has 0 saturated heterocycles. The Morgan fingerprint density at radius 2 is 1.79 bits per heavy atom. The number of aromatic nitrogens is 3. The van der Waals surface area contributed by atoms with E-state index in [2.05, 4.69) is 20.3 Å². The first kappa shape index (κ1) is 21.4. The number of hydrogen-bond donors (Lipinski definition) is 3. The molecule has 0 fully saturated rings. The van der Waals surface area contributed by atoms with Crippen molar-refractivity contribution in [2.45, 2.75) is 0 Å². The summed E-state index contributed by atoms with van der Waals surface area (Å²) in [6, 6.07) is 16.8. The van der Waals surface area contributed by atoms with Crippen LogP contribution in [0.4, 0.5) is 21.7 Å². The normalized spacial score (nSPS) is 10.9. The minimum atomic E-state index is -0.643. The maximum Gasteiger partial charge on any atom is 0.200 e. The third kappa shape index (κ3) is 4.02. The van der Waals surface area contributed by atoms with Gasteiger partial charge in [-0.25, -0.2) is 14.4 Å². The van der Waals surface area contributed by atoms with Gasteiger partial charge in [0.25, 0.3) is 0 Å². The van der Waals surface area contributed by atoms with Crippen LogP contribution >= 0.6 is 11.6 Å². The molecule has 0 unspecified atom stereocenters. The van der Waals surface area contributed by atoms with Gasteiger partial charge in [0.1, 0.15) is 16.7 Å². The van der Waals surface area contributed by atoms with Crippen LogP contribution in [0.25, 0.3) is 22.0 Å². The van der Waals surface area contributed by atoms with Gasteiger partial charge in [0.15, 0.2) is 17.3 Å². The number of pyridine rings is 3. The van der Waals surface area contributed by atoms with Crippen molar-refractivity contribution in [3.05, 3.63) is 100 Å². The van der Waals surface area contributed by atoms with Gasteiger partial charge in [-0.3, -0.25) is 4.79 Å². The number of aromatic amines is 1. The summed E-state index contributed by atoms with van der Waals surface area (Å²) in [7, 11) is 0. The maximum atomic E-state index is 14.8. The van der Waals surface area contributed by atoms with Crippen LogP contribution in [0.3, 0.4) is 0 Å². The second-order valence-corrected chi connectivity index (χ2v) is 7.74. The molecule has 5 rings (SSSR count). The van der Waals surface area contributed by atoms with Gasteiger partial charge >= 0.3 is 0 Å². The Labute approximate surface area is 198 Å². The zero-order chi connectivity index (χ0) is 23.7. The molecular weight excluding hydrogens is 457 g/mol. The first-order valence-corrected chi connectivity index (χ1v) is 10.6. The smallest absolute Gasteiger partial charge is 0.200 e. The summed E-state index contributed by atoms with van der Waals surface area (Å²) in [6.45, 7) is 0. The van der Waals surface area contributed by atoms with E-state index in [4.69, 9.17) is 22.1 Å². The Kier molecular flexibility index (Phi) is 5.57. The zero-order valence-corrected chi connectivity index (χ0v) is 18.3. The van der Waals surface area contributed by atoms with Crippen molar-refractivity contribution in [3.63, 3.8) is 0 Å². The Bertz CT molecular complexity index is 1570. The molecule has 0 radical (unpaired) electrons. The van der Waals surface area contributed by atoms with E-state index in [1.165, 1.54) is 24.4 Å². The molecule has 3 aromatic heterocycles. The van der Waals surface area contributed by atoms with Crippen LogP contribution in [0.1, 0.15) is 0 Å². The van der Waals surface area contributed by atoms with Crippen LogP contribution < -0.4 is 21.2 Å². The molecule has 0 aliphatic carbocycles. The summed E-state index contributed by atoms with van der Waals surface area (Å²) >= 11 is 6.07. The number of hydrogen-bond acceptors (Lipinski definition) is 6. The molecule has 0 bridgehead atoms. The van der Waals surface area contributed by atoms with E-state index in [1.54, 1.807) is 24.5 Å². The number of ether oxygens (including phenoxy) is 1. The lowest BCUT2D eigenvalue weighted by Gasteiger charge is -2.12. The van der Waals surface area contributed by atoms with Crippen molar-refractivity contribution >= 4 is 39.8 Å². The summed E-state index contributed by atoms with van der Waals surface area (Å²) < 4.78 is 20.4. The minimum Gasteiger partial charge on any atom is -0.453 e. The molecular formula is C25H17ClFN5O2. The number of anilines is 3. The summed E-state index contributed by atoms with van der Waals surface area (Å²) in [6.07, 6.45) is 4.65. The molecule has 4 N–H and O–H groups in total. The highest BCUT2D eigenvalue weighted by Crippen LogP contribution is 2.34. The Morgan fingerprint density at radius 1 is 1.00 bits per heavy atom. The average Bonchev–Trinajstić information content (AvgIpc) is 2.84. The van der Waals surface area contributed by atoms with Crippen LogP contribution in [0.5, 0.6) is 11.5 Å². The molecule has 3 heterocycles. The molecule has 0 amide bonds. The molecule has 0 atom stereocenters. The molecule has 9 heteroatoms. The SMILES string of the molecule is Nc1nccc(Oc2ccc(Nc3nccc4[nH]cc(-c5ccccc5)c(=O)c34)cc2F)c1Cl. The fourth-order valence-electron chi connectivity index (χ4n) is 3.53. The van der Waals surface area contributed by atoms with E-state index in [9.17, 15) is 9.18 Å². The molecule has 0 aliphatic heterocycles. The van der Waals surface area contributed by atoms with Crippen LogP contribution in [-0.4, -0.2) is 15.0 Å². The van der Waals surface area contributed by atoms with Crippen molar-refractivity contribution in [1.29, 1.82) is 0 Å². The average molecular weight is 474 g/mol. The molecule has 7 nitrogen and oxygen atoms in total. The number of H-pyrrole nitrogens is 1. The van der Waals surface area contributed by atoms with Gasteiger partial charge in [-0.15, -0.1) is 0 Å². The van der Waals surface area contributed by atoms with Crippen molar-refractivity contribution < 1.29 is 9.13 Å². The third-order valence-corrected chi connectivity index (χ3v) is 5.55. The first-order valence-electron chi connectivity index (χ1n) is 10.2. The Hall–Kier alpha value is -4.43. The number of nitrogens with one attached hydrogen (secondary N) is 2. The summed E-state index contributed by atoms with van der Waals surface area (Å²) in [5, 5.41) is 3.50. The van der Waals surface area contributed by atoms with Crippen LogP contribution in [0.15, 0.2) is 84.0 Å². The lowest BCUT2D eigenvalue weighted by molar-refractivity contribution is 0.442. The summed E-state index contributed by atoms with van der Waals surface area (Å²) in [5.41, 5.74) is 7.75. The number of nitrogen functional groups attached to an aromatic ring is 1. The Balaban J connectivity index is 1.49. The van der Waals surface area contributed by atoms with Gasteiger partial charge in [0.2, 0.25) is 5.43 Å². The molecule has 5 aromatic rings. The van der Waals surface area contributed by atoms with E-state index >= 15 is 0 Å². The highest BCUT2D eigenvalue weighted by atomic mass is 35.5. The number of fused-ring (bicyclic) bond motifs is 1. The van der Waals surface area contributed by atoms with Gasteiger partial charge < -0.3 is 20.8 Å². The first-order chi connectivity index (χ1) is 16.5. The van der Waals surface area contributed by atoms with Gasteiger partial charge in [-0.1, -0.05) is 41.9 Å². The second-order valence-electron chi connectivity index (χ2n) is 7.36. The zero-order valence-electron chi connectivity index (χ0n) is 17.5. The summed E-state index contributed by atoms with van der Waals surface area (Å²) in [5.74, 6) is -0.122. The minimum absolute atomic E-state index is 0.0480. The van der Waals surface area contributed by atoms with E-state index in [0.29, 0.717) is 28.0 Å². The topological polar surface area (TPSA) is 106 Å². The quantitative estimate of drug-likeness (QED) is 0.293. The second kappa shape index (κ2) is 8.84. The van der Waals surface area contributed by atoms with E-state index in [-0.39, 0.29) is 27.8 Å². The molecule has 0 aliphatic rings. The fraction of sp³-hybridized carbons (Fsp3) is 0. The predicted molar refractivity (Wildman–Crippen MR) is 131 cm³/mol.